The van der Waals surface area contributed by atoms with Crippen molar-refractivity contribution in [2.45, 2.75) is 19.4 Å². The van der Waals surface area contributed by atoms with E-state index in [1.165, 1.54) is 5.56 Å². The average molecular weight is 195 g/mol. The molecule has 1 aromatic carbocycles. The van der Waals surface area contributed by atoms with Gasteiger partial charge in [0, 0.05) is 12.2 Å². The van der Waals surface area contributed by atoms with Crippen molar-refractivity contribution < 1.29 is 10.2 Å². The number of benzene rings is 1. The highest BCUT2D eigenvalue weighted by Crippen LogP contribution is 2.10. The number of nitrogens with one attached hydrogen (secondary N) is 1. The molecule has 0 aromatic heterocycles. The van der Waals surface area contributed by atoms with Gasteiger partial charge in [-0.25, -0.2) is 0 Å². The summed E-state index contributed by atoms with van der Waals surface area (Å²) in [7, 11) is 0. The topological polar surface area (TPSA) is 52.5 Å². The van der Waals surface area contributed by atoms with E-state index < -0.39 is 6.10 Å². The van der Waals surface area contributed by atoms with Crippen molar-refractivity contribution in [2.75, 3.05) is 18.5 Å². The molecule has 3 heteroatoms. The summed E-state index contributed by atoms with van der Waals surface area (Å²) in [6, 6.07) is 8.04. The normalized spacial score (nSPS) is 12.5. The smallest absolute Gasteiger partial charge is 0.0942 e. The lowest BCUT2D eigenvalue weighted by Crippen LogP contribution is -2.22. The number of aliphatic hydroxyl groups is 2. The van der Waals surface area contributed by atoms with Gasteiger partial charge in [-0.15, -0.1) is 0 Å². The van der Waals surface area contributed by atoms with Crippen LogP contribution in [0, 0.1) is 0 Å². The van der Waals surface area contributed by atoms with E-state index in [0.29, 0.717) is 6.54 Å². The molecule has 0 aliphatic rings. The van der Waals surface area contributed by atoms with Crippen molar-refractivity contribution in [3.8, 4) is 0 Å². The zero-order valence-corrected chi connectivity index (χ0v) is 8.40. The lowest BCUT2D eigenvalue weighted by molar-refractivity contribution is 0.105. The van der Waals surface area contributed by atoms with Gasteiger partial charge in [0.2, 0.25) is 0 Å². The summed E-state index contributed by atoms with van der Waals surface area (Å²) in [6.07, 6.45) is 0.304. The molecule has 0 aliphatic carbocycles. The van der Waals surface area contributed by atoms with E-state index in [9.17, 15) is 0 Å². The van der Waals surface area contributed by atoms with Gasteiger partial charge in [0.1, 0.15) is 0 Å². The van der Waals surface area contributed by atoms with Crippen LogP contribution in [0.1, 0.15) is 12.5 Å². The molecular weight excluding hydrogens is 178 g/mol. The number of rotatable bonds is 5. The van der Waals surface area contributed by atoms with Crippen molar-refractivity contribution in [3.05, 3.63) is 29.8 Å². The van der Waals surface area contributed by atoms with Gasteiger partial charge in [-0.1, -0.05) is 19.1 Å². The summed E-state index contributed by atoms with van der Waals surface area (Å²) in [5.41, 5.74) is 2.24. The third kappa shape index (κ3) is 3.36. The third-order valence-electron chi connectivity index (χ3n) is 2.09. The second kappa shape index (κ2) is 5.62. The summed E-state index contributed by atoms with van der Waals surface area (Å²) in [5.74, 6) is 0. The fourth-order valence-corrected chi connectivity index (χ4v) is 1.20. The Morgan fingerprint density at radius 3 is 2.86 bits per heavy atom. The van der Waals surface area contributed by atoms with Gasteiger partial charge in [-0.05, 0) is 24.1 Å². The number of hydrogen-bond acceptors (Lipinski definition) is 3. The minimum absolute atomic E-state index is 0.208. The second-order valence-corrected chi connectivity index (χ2v) is 3.27. The Bertz CT molecular complexity index is 276. The first kappa shape index (κ1) is 11.0. The van der Waals surface area contributed by atoms with Gasteiger partial charge in [0.25, 0.3) is 0 Å². The Kier molecular flexibility index (Phi) is 4.43. The first-order chi connectivity index (χ1) is 6.76. The molecule has 14 heavy (non-hydrogen) atoms. The Morgan fingerprint density at radius 1 is 1.43 bits per heavy atom. The molecule has 0 fully saturated rings. The summed E-state index contributed by atoms with van der Waals surface area (Å²) < 4.78 is 0. The van der Waals surface area contributed by atoms with Gasteiger partial charge in [0.15, 0.2) is 0 Å². The zero-order chi connectivity index (χ0) is 10.4. The molecule has 0 radical (unpaired) electrons. The van der Waals surface area contributed by atoms with E-state index in [1.54, 1.807) is 0 Å². The van der Waals surface area contributed by atoms with E-state index in [-0.39, 0.29) is 6.61 Å². The molecule has 1 atom stereocenters. The summed E-state index contributed by atoms with van der Waals surface area (Å²) in [6.45, 7) is 2.27. The fraction of sp³-hybridized carbons (Fsp3) is 0.455. The molecule has 0 bridgehead atoms. The maximum atomic E-state index is 9.13. The van der Waals surface area contributed by atoms with Crippen molar-refractivity contribution >= 4 is 5.69 Å². The Hall–Kier alpha value is -1.06. The highest BCUT2D eigenvalue weighted by atomic mass is 16.3. The van der Waals surface area contributed by atoms with Gasteiger partial charge < -0.3 is 15.5 Å². The van der Waals surface area contributed by atoms with Crippen LogP contribution >= 0.6 is 0 Å². The molecule has 1 aromatic rings. The highest BCUT2D eigenvalue weighted by molar-refractivity contribution is 5.45. The first-order valence-electron chi connectivity index (χ1n) is 4.88. The van der Waals surface area contributed by atoms with Crippen molar-refractivity contribution in [2.24, 2.45) is 0 Å². The van der Waals surface area contributed by atoms with Crippen molar-refractivity contribution in [1.82, 2.24) is 0 Å². The molecule has 78 valence electrons. The number of anilines is 1. The first-order valence-corrected chi connectivity index (χ1v) is 4.88. The molecule has 0 aliphatic heterocycles. The minimum Gasteiger partial charge on any atom is -0.394 e. The number of aliphatic hydroxyl groups excluding tert-OH is 2. The van der Waals surface area contributed by atoms with Crippen LogP contribution < -0.4 is 5.32 Å². The lowest BCUT2D eigenvalue weighted by Gasteiger charge is -2.10. The van der Waals surface area contributed by atoms with Crippen LogP contribution in [0.3, 0.4) is 0 Å². The van der Waals surface area contributed by atoms with E-state index in [0.717, 1.165) is 12.1 Å². The van der Waals surface area contributed by atoms with E-state index in [4.69, 9.17) is 10.2 Å². The third-order valence-corrected chi connectivity index (χ3v) is 2.09. The van der Waals surface area contributed by atoms with Crippen LogP contribution in [0.2, 0.25) is 0 Å². The largest absolute Gasteiger partial charge is 0.394 e. The van der Waals surface area contributed by atoms with Crippen LogP contribution in [0.25, 0.3) is 0 Å². The average Bonchev–Trinajstić information content (AvgIpc) is 2.26. The van der Waals surface area contributed by atoms with E-state index >= 15 is 0 Å². The van der Waals surface area contributed by atoms with Crippen molar-refractivity contribution in [3.63, 3.8) is 0 Å². The van der Waals surface area contributed by atoms with Crippen LogP contribution in [-0.2, 0) is 6.42 Å². The molecule has 0 heterocycles. The SMILES string of the molecule is CCc1cccc(NCC(O)CO)c1. The maximum Gasteiger partial charge on any atom is 0.0942 e. The highest BCUT2D eigenvalue weighted by Gasteiger charge is 2.00. The number of hydrogen-bond donors (Lipinski definition) is 3. The zero-order valence-electron chi connectivity index (χ0n) is 8.40. The van der Waals surface area contributed by atoms with E-state index in [1.807, 2.05) is 18.2 Å². The fourth-order valence-electron chi connectivity index (χ4n) is 1.20. The van der Waals surface area contributed by atoms with Gasteiger partial charge in [0.05, 0.1) is 12.7 Å². The van der Waals surface area contributed by atoms with Crippen LogP contribution in [-0.4, -0.2) is 29.5 Å². The Labute approximate surface area is 84.4 Å². The van der Waals surface area contributed by atoms with Gasteiger partial charge in [-0.3, -0.25) is 0 Å². The standard InChI is InChI=1S/C11H17NO2/c1-2-9-4-3-5-10(6-9)12-7-11(14)8-13/h3-6,11-14H,2,7-8H2,1H3. The van der Waals surface area contributed by atoms with Gasteiger partial charge in [-0.2, -0.15) is 0 Å². The summed E-state index contributed by atoms with van der Waals surface area (Å²) >= 11 is 0. The predicted molar refractivity (Wildman–Crippen MR) is 57.4 cm³/mol. The molecule has 3 N–H and O–H groups in total. The molecule has 1 rings (SSSR count). The minimum atomic E-state index is -0.694. The molecular formula is C11H17NO2. The van der Waals surface area contributed by atoms with Gasteiger partial charge >= 0.3 is 0 Å². The summed E-state index contributed by atoms with van der Waals surface area (Å²) in [5, 5.41) is 20.8. The second-order valence-electron chi connectivity index (χ2n) is 3.27. The summed E-state index contributed by atoms with van der Waals surface area (Å²) in [4.78, 5) is 0. The molecule has 1 unspecified atom stereocenters. The molecule has 0 saturated heterocycles. The Balaban J connectivity index is 2.50. The maximum absolute atomic E-state index is 9.13. The van der Waals surface area contributed by atoms with Crippen LogP contribution in [0.5, 0.6) is 0 Å². The molecule has 0 spiro atoms. The predicted octanol–water partition coefficient (Wildman–Crippen LogP) is 1.01. The molecule has 0 amide bonds. The number of aryl methyl sites for hydroxylation is 1. The molecule has 3 nitrogen and oxygen atoms in total. The van der Waals surface area contributed by atoms with Crippen LogP contribution in [0.4, 0.5) is 5.69 Å². The Morgan fingerprint density at radius 2 is 2.21 bits per heavy atom. The lowest BCUT2D eigenvalue weighted by atomic mass is 10.1. The monoisotopic (exact) mass is 195 g/mol. The molecule has 0 saturated carbocycles. The van der Waals surface area contributed by atoms with Crippen molar-refractivity contribution in [1.29, 1.82) is 0 Å². The van der Waals surface area contributed by atoms with Crippen LogP contribution in [0.15, 0.2) is 24.3 Å². The quantitative estimate of drug-likeness (QED) is 0.657. The van der Waals surface area contributed by atoms with E-state index in [2.05, 4.69) is 18.3 Å².